The second kappa shape index (κ2) is 54.5. The first-order valence-corrected chi connectivity index (χ1v) is 35.6. The quantitative estimate of drug-likeness (QED) is 0.0199. The number of aliphatic hydroxyl groups is 11. The molecule has 0 aromatic heterocycles. The van der Waals surface area contributed by atoms with Crippen LogP contribution in [0.2, 0.25) is 0 Å². The highest BCUT2D eigenvalue weighted by molar-refractivity contribution is 5.76. The molecule has 3 fully saturated rings. The fourth-order valence-corrected chi connectivity index (χ4v) is 11.3. The smallest absolute Gasteiger partial charge is 0.220 e. The van der Waals surface area contributed by atoms with Gasteiger partial charge in [0.2, 0.25) is 5.91 Å². The molecule has 0 spiro atoms. The third kappa shape index (κ3) is 36.0. The molecule has 3 saturated heterocycles. The molecule has 0 aromatic rings. The third-order valence-electron chi connectivity index (χ3n) is 17.0. The number of amides is 1. The normalized spacial score (nSPS) is 28.2. The molecule has 1 amide bonds. The molecule has 534 valence electrons. The number of allylic oxidation sites excluding steroid dienone is 17. The number of carbonyl (C=O) groups excluding carboxylic acids is 1. The van der Waals surface area contributed by atoms with Gasteiger partial charge in [0.25, 0.3) is 0 Å². The SMILES string of the molecule is CC/C=C\C/C=C\C/C=C\C/C=C\C/C=C\C/C=C\CCC(=O)NC(COC1OC(CO)C(OC2OC(CO)C(OC3OC(CO)C(O)C(O)C3O)C(O)C2O)C(O)C1O)C(O)/C=C/CC/C=C/CC/C=C/CCCCCCCCCCCCCCCCCCCCC. The Morgan fingerprint density at radius 1 is 0.398 bits per heavy atom. The summed E-state index contributed by atoms with van der Waals surface area (Å²) in [7, 11) is 0. The predicted octanol–water partition coefficient (Wildman–Crippen LogP) is 9.83. The molecule has 3 rings (SSSR count). The maximum atomic E-state index is 13.4. The van der Waals surface area contributed by atoms with Gasteiger partial charge in [-0.05, 0) is 83.5 Å². The summed E-state index contributed by atoms with van der Waals surface area (Å²) in [6.07, 6.45) is 46.7. The van der Waals surface area contributed by atoms with Gasteiger partial charge in [0.15, 0.2) is 18.9 Å². The lowest BCUT2D eigenvalue weighted by Crippen LogP contribution is -2.66. The fourth-order valence-electron chi connectivity index (χ4n) is 11.3. The van der Waals surface area contributed by atoms with Crippen molar-refractivity contribution in [1.82, 2.24) is 5.32 Å². The number of hydrogen-bond acceptors (Lipinski definition) is 18. The lowest BCUT2D eigenvalue weighted by molar-refractivity contribution is -0.379. The summed E-state index contributed by atoms with van der Waals surface area (Å²) >= 11 is 0. The van der Waals surface area contributed by atoms with Crippen LogP contribution in [0.15, 0.2) is 109 Å². The molecule has 0 radical (unpaired) electrons. The number of ether oxygens (including phenoxy) is 6. The van der Waals surface area contributed by atoms with Crippen molar-refractivity contribution in [3.63, 3.8) is 0 Å². The minimum atomic E-state index is -2.00. The van der Waals surface area contributed by atoms with Crippen molar-refractivity contribution in [2.75, 3.05) is 26.4 Å². The van der Waals surface area contributed by atoms with Gasteiger partial charge in [0.05, 0.1) is 38.6 Å². The van der Waals surface area contributed by atoms with Gasteiger partial charge in [0, 0.05) is 6.42 Å². The van der Waals surface area contributed by atoms with Crippen molar-refractivity contribution >= 4 is 5.91 Å². The first-order valence-electron chi connectivity index (χ1n) is 35.6. The van der Waals surface area contributed by atoms with Gasteiger partial charge in [-0.3, -0.25) is 4.79 Å². The molecule has 17 atom stereocenters. The molecule has 19 nitrogen and oxygen atoms in total. The fraction of sp³-hybridized carbons (Fsp3) is 0.743. The molecule has 3 aliphatic heterocycles. The van der Waals surface area contributed by atoms with Crippen LogP contribution in [0.5, 0.6) is 0 Å². The molecule has 12 N–H and O–H groups in total. The number of nitrogens with one attached hydrogen (secondary N) is 1. The maximum absolute atomic E-state index is 13.4. The summed E-state index contributed by atoms with van der Waals surface area (Å²) in [6.45, 7) is 1.53. The largest absolute Gasteiger partial charge is 0.394 e. The zero-order valence-electron chi connectivity index (χ0n) is 56.4. The summed E-state index contributed by atoms with van der Waals surface area (Å²) < 4.78 is 34.3. The Hall–Kier alpha value is -3.55. The molecule has 3 aliphatic rings. The summed E-state index contributed by atoms with van der Waals surface area (Å²) in [5.41, 5.74) is 0. The lowest BCUT2D eigenvalue weighted by atomic mass is 9.96. The monoisotopic (exact) mass is 1320 g/mol. The van der Waals surface area contributed by atoms with Gasteiger partial charge in [-0.15, -0.1) is 0 Å². The number of rotatable bonds is 53. The highest BCUT2D eigenvalue weighted by Gasteiger charge is 2.53. The Morgan fingerprint density at radius 3 is 1.19 bits per heavy atom. The third-order valence-corrected chi connectivity index (χ3v) is 17.0. The van der Waals surface area contributed by atoms with Gasteiger partial charge in [-0.25, -0.2) is 0 Å². The van der Waals surface area contributed by atoms with Crippen LogP contribution in [0, 0.1) is 0 Å². The van der Waals surface area contributed by atoms with Crippen molar-refractivity contribution < 1.29 is 89.4 Å². The number of hydrogen-bond donors (Lipinski definition) is 12. The highest BCUT2D eigenvalue weighted by atomic mass is 16.8. The zero-order valence-corrected chi connectivity index (χ0v) is 56.4. The average molecular weight is 1320 g/mol. The van der Waals surface area contributed by atoms with E-state index in [-0.39, 0.29) is 12.3 Å². The van der Waals surface area contributed by atoms with Crippen LogP contribution >= 0.6 is 0 Å². The van der Waals surface area contributed by atoms with Gasteiger partial charge in [-0.1, -0.05) is 239 Å². The zero-order chi connectivity index (χ0) is 67.5. The molecular weight excluding hydrogens is 1190 g/mol. The van der Waals surface area contributed by atoms with Crippen LogP contribution in [0.4, 0.5) is 0 Å². The van der Waals surface area contributed by atoms with Crippen molar-refractivity contribution in [2.45, 2.75) is 324 Å². The van der Waals surface area contributed by atoms with Crippen LogP contribution < -0.4 is 5.32 Å². The Morgan fingerprint density at radius 2 is 0.753 bits per heavy atom. The van der Waals surface area contributed by atoms with Gasteiger partial charge >= 0.3 is 0 Å². The minimum absolute atomic E-state index is 0.100. The van der Waals surface area contributed by atoms with E-state index in [9.17, 15) is 61.0 Å². The lowest BCUT2D eigenvalue weighted by Gasteiger charge is -2.48. The molecule has 17 unspecified atom stereocenters. The minimum Gasteiger partial charge on any atom is -0.394 e. The number of carbonyl (C=O) groups is 1. The Balaban J connectivity index is 1.46. The summed E-state index contributed by atoms with van der Waals surface area (Å²) in [6, 6.07) is -1.05. The van der Waals surface area contributed by atoms with E-state index in [1.165, 1.54) is 122 Å². The molecule has 0 bridgehead atoms. The molecule has 19 heteroatoms. The first-order chi connectivity index (χ1) is 45.3. The number of aliphatic hydroxyl groups excluding tert-OH is 11. The molecule has 3 heterocycles. The van der Waals surface area contributed by atoms with Gasteiger partial charge < -0.3 is 89.9 Å². The van der Waals surface area contributed by atoms with Gasteiger partial charge in [0.1, 0.15) is 73.2 Å². The number of unbranched alkanes of at least 4 members (excludes halogenated alkanes) is 21. The first kappa shape index (κ1) is 83.7. The highest BCUT2D eigenvalue weighted by Crippen LogP contribution is 2.33. The van der Waals surface area contributed by atoms with Gasteiger partial charge in [-0.2, -0.15) is 0 Å². The van der Waals surface area contributed by atoms with E-state index in [0.717, 1.165) is 57.8 Å². The van der Waals surface area contributed by atoms with E-state index in [1.54, 1.807) is 6.08 Å². The molecule has 0 aromatic carbocycles. The standard InChI is InChI=1S/C74H125NO18/c1-3-5-7-9-11-13-15-17-19-21-23-24-25-26-27-28-29-30-31-32-34-35-37-39-41-43-45-47-49-51-58(79)57(75-62(80)52-50-48-46-44-42-40-38-36-33-22-20-18-16-14-12-10-8-6-4-2)56-88-72-68(86)65(83)70(60(54-77)90-72)93-74-69(87)66(84)71(61(55-78)91-74)92-73-67(85)64(82)63(81)59(53-76)89-73/h6,8,12,14,18,20,33-36,40-43,46,48-49,51,57-61,63-74,76-79,81-87H,3-5,7,9-11,13,15-17,19,21-32,37-39,44-45,47,50,52-56H2,1-2H3,(H,75,80)/b8-6-,14-12-,20-18-,35-34+,36-33-,42-40-,43-41+,48-46-,51-49+. The molecule has 93 heavy (non-hydrogen) atoms. The van der Waals surface area contributed by atoms with E-state index < -0.39 is 131 Å². The summed E-state index contributed by atoms with van der Waals surface area (Å²) in [4.78, 5) is 13.4. The van der Waals surface area contributed by atoms with Crippen LogP contribution in [0.25, 0.3) is 0 Å². The topological polar surface area (TPSA) is 307 Å². The molecular formula is C74H125NO18. The van der Waals surface area contributed by atoms with Crippen molar-refractivity contribution in [3.05, 3.63) is 109 Å². The Bertz CT molecular complexity index is 2110. The second-order valence-electron chi connectivity index (χ2n) is 24.9. The van der Waals surface area contributed by atoms with Crippen molar-refractivity contribution in [3.8, 4) is 0 Å². The van der Waals surface area contributed by atoms with E-state index in [4.69, 9.17) is 28.4 Å². The van der Waals surface area contributed by atoms with Crippen LogP contribution in [0.1, 0.15) is 219 Å². The summed E-state index contributed by atoms with van der Waals surface area (Å²) in [5, 5.41) is 120. The van der Waals surface area contributed by atoms with E-state index >= 15 is 0 Å². The summed E-state index contributed by atoms with van der Waals surface area (Å²) in [5.74, 6) is -0.375. The van der Waals surface area contributed by atoms with Crippen LogP contribution in [-0.4, -0.2) is 193 Å². The Labute approximate surface area is 557 Å². The van der Waals surface area contributed by atoms with E-state index in [2.05, 4.69) is 104 Å². The van der Waals surface area contributed by atoms with E-state index in [0.29, 0.717) is 19.3 Å². The van der Waals surface area contributed by atoms with Crippen molar-refractivity contribution in [1.29, 1.82) is 0 Å². The average Bonchev–Trinajstić information content (AvgIpc) is 0.985. The molecule has 0 saturated carbocycles. The Kier molecular flexibility index (Phi) is 49.0. The van der Waals surface area contributed by atoms with Crippen molar-refractivity contribution in [2.24, 2.45) is 0 Å². The second-order valence-corrected chi connectivity index (χ2v) is 24.9. The maximum Gasteiger partial charge on any atom is 0.220 e. The van der Waals surface area contributed by atoms with E-state index in [1.807, 2.05) is 18.2 Å². The predicted molar refractivity (Wildman–Crippen MR) is 364 cm³/mol. The van der Waals surface area contributed by atoms with Crippen LogP contribution in [0.3, 0.4) is 0 Å². The molecule has 0 aliphatic carbocycles. The van der Waals surface area contributed by atoms with Crippen LogP contribution in [-0.2, 0) is 33.2 Å².